The van der Waals surface area contributed by atoms with Crippen molar-refractivity contribution in [3.8, 4) is 5.75 Å². The van der Waals surface area contributed by atoms with Crippen LogP contribution in [0.4, 0.5) is 14.5 Å². The summed E-state index contributed by atoms with van der Waals surface area (Å²) >= 11 is 0. The van der Waals surface area contributed by atoms with Gasteiger partial charge in [0.25, 0.3) is 0 Å². The maximum absolute atomic E-state index is 12.6. The van der Waals surface area contributed by atoms with E-state index in [0.717, 1.165) is 6.42 Å². The zero-order valence-corrected chi connectivity index (χ0v) is 19.5. The van der Waals surface area contributed by atoms with Crippen molar-refractivity contribution >= 4 is 45.6 Å². The summed E-state index contributed by atoms with van der Waals surface area (Å²) in [4.78, 5) is 6.12. The van der Waals surface area contributed by atoms with Crippen LogP contribution in [0.1, 0.15) is 13.3 Å². The molecule has 0 amide bonds. The van der Waals surface area contributed by atoms with Crippen molar-refractivity contribution in [1.82, 2.24) is 15.4 Å². The fourth-order valence-electron chi connectivity index (χ4n) is 2.89. The fraction of sp³-hybridized carbons (Fsp3) is 0.588. The summed E-state index contributed by atoms with van der Waals surface area (Å²) < 4.78 is 55.1. The van der Waals surface area contributed by atoms with Crippen LogP contribution in [0, 0.1) is 0 Å². The lowest BCUT2D eigenvalue weighted by Crippen LogP contribution is -2.46. The average molecular weight is 547 g/mol. The molecule has 1 aliphatic rings. The predicted octanol–water partition coefficient (Wildman–Crippen LogP) is 1.59. The molecule has 3 N–H and O–H groups in total. The summed E-state index contributed by atoms with van der Waals surface area (Å²) in [5.74, 6) is 0.748. The molecule has 1 fully saturated rings. The Morgan fingerprint density at radius 2 is 2.07 bits per heavy atom. The highest BCUT2D eigenvalue weighted by Crippen LogP contribution is 2.31. The zero-order valence-electron chi connectivity index (χ0n) is 16.4. The largest absolute Gasteiger partial charge is 0.433 e. The van der Waals surface area contributed by atoms with Gasteiger partial charge in [0.1, 0.15) is 5.75 Å². The summed E-state index contributed by atoms with van der Waals surface area (Å²) in [5.41, 5.74) is 0.629. The van der Waals surface area contributed by atoms with Crippen LogP contribution in [0.2, 0.25) is 0 Å². The topological polar surface area (TPSA) is 95.1 Å². The first-order chi connectivity index (χ1) is 13.3. The van der Waals surface area contributed by atoms with Crippen molar-refractivity contribution in [1.29, 1.82) is 0 Å². The second kappa shape index (κ2) is 12.3. The molecule has 29 heavy (non-hydrogen) atoms. The quantitative estimate of drug-likeness (QED) is 0.188. The number of para-hydroxylation sites is 2. The van der Waals surface area contributed by atoms with Gasteiger partial charge in [0.05, 0.1) is 11.4 Å². The molecule has 0 radical (unpaired) electrons. The molecule has 1 saturated heterocycles. The minimum Gasteiger partial charge on any atom is -0.433 e. The minimum absolute atomic E-state index is 0. The van der Waals surface area contributed by atoms with Gasteiger partial charge in [-0.15, -0.1) is 24.0 Å². The number of sulfonamides is 1. The molecule has 0 spiro atoms. The first-order valence-corrected chi connectivity index (χ1v) is 10.7. The lowest BCUT2D eigenvalue weighted by Gasteiger charge is -2.22. The Hall–Kier alpha value is -1.41. The molecule has 1 unspecified atom stereocenters. The third-order valence-corrected chi connectivity index (χ3v) is 5.70. The summed E-state index contributed by atoms with van der Waals surface area (Å²) in [6.45, 7) is 0.645. The van der Waals surface area contributed by atoms with E-state index < -0.39 is 16.6 Å². The third kappa shape index (κ3) is 8.46. The van der Waals surface area contributed by atoms with Crippen LogP contribution in [0.15, 0.2) is 29.3 Å². The number of rotatable bonds is 9. The second-order valence-corrected chi connectivity index (χ2v) is 8.31. The van der Waals surface area contributed by atoms with E-state index in [2.05, 4.69) is 25.1 Å². The third-order valence-electron chi connectivity index (χ3n) is 4.29. The number of alkyl halides is 2. The lowest BCUT2D eigenvalue weighted by atomic mass is 10.2. The van der Waals surface area contributed by atoms with E-state index in [1.54, 1.807) is 32.2 Å². The number of nitrogens with one attached hydrogen (secondary N) is 3. The molecular weight excluding hydrogens is 519 g/mol. The average Bonchev–Trinajstić information content (AvgIpc) is 3.12. The zero-order chi connectivity index (χ0) is 20.6. The summed E-state index contributed by atoms with van der Waals surface area (Å²) in [5, 5.41) is 6.32. The summed E-state index contributed by atoms with van der Waals surface area (Å²) in [7, 11) is -1.59. The Morgan fingerprint density at radius 1 is 1.34 bits per heavy atom. The van der Waals surface area contributed by atoms with Crippen molar-refractivity contribution in [2.24, 2.45) is 4.99 Å². The van der Waals surface area contributed by atoms with E-state index in [1.165, 1.54) is 6.07 Å². The van der Waals surface area contributed by atoms with Gasteiger partial charge >= 0.3 is 6.61 Å². The molecule has 12 heteroatoms. The fourth-order valence-corrected chi connectivity index (χ4v) is 3.51. The maximum atomic E-state index is 12.6. The van der Waals surface area contributed by atoms with E-state index >= 15 is 0 Å². The van der Waals surface area contributed by atoms with Gasteiger partial charge in [-0.25, -0.2) is 13.1 Å². The molecule has 1 atom stereocenters. The van der Waals surface area contributed by atoms with Crippen LogP contribution in [0.3, 0.4) is 0 Å². The Morgan fingerprint density at radius 3 is 2.72 bits per heavy atom. The Kier molecular flexibility index (Phi) is 10.9. The SMILES string of the molecule is CCS(=O)(=O)NCCNC(=NC)NC1CCN(c2ccccc2OC(F)F)C1.I. The smallest absolute Gasteiger partial charge is 0.387 e. The van der Waals surface area contributed by atoms with Gasteiger partial charge in [-0.3, -0.25) is 4.99 Å². The number of anilines is 1. The van der Waals surface area contributed by atoms with Gasteiger partial charge in [-0.05, 0) is 25.5 Å². The van der Waals surface area contributed by atoms with Crippen LogP contribution in [-0.4, -0.2) is 66.0 Å². The van der Waals surface area contributed by atoms with Crippen molar-refractivity contribution in [3.63, 3.8) is 0 Å². The molecule has 1 aromatic carbocycles. The molecular formula is C17H28F2IN5O3S. The van der Waals surface area contributed by atoms with Crippen molar-refractivity contribution in [3.05, 3.63) is 24.3 Å². The summed E-state index contributed by atoms with van der Waals surface area (Å²) in [6.07, 6.45) is 0.798. The van der Waals surface area contributed by atoms with Crippen LogP contribution in [0.5, 0.6) is 5.75 Å². The lowest BCUT2D eigenvalue weighted by molar-refractivity contribution is -0.0495. The number of halogens is 3. The molecule has 2 rings (SSSR count). The van der Waals surface area contributed by atoms with Crippen LogP contribution in [0.25, 0.3) is 0 Å². The summed E-state index contributed by atoms with van der Waals surface area (Å²) in [6, 6.07) is 6.79. The van der Waals surface area contributed by atoms with Gasteiger partial charge in [-0.2, -0.15) is 8.78 Å². The number of hydrogen-bond acceptors (Lipinski definition) is 5. The van der Waals surface area contributed by atoms with E-state index in [0.29, 0.717) is 31.3 Å². The van der Waals surface area contributed by atoms with Gasteiger partial charge in [0.2, 0.25) is 10.0 Å². The number of nitrogens with zero attached hydrogens (tertiary/aromatic N) is 2. The van der Waals surface area contributed by atoms with Crippen molar-refractivity contribution in [2.45, 2.75) is 26.0 Å². The standard InChI is InChI=1S/C17H27F2N5O3S.HI/c1-3-28(25,26)22-10-9-21-17(20-2)23-13-8-11-24(12-13)14-6-4-5-7-15(14)27-16(18)19;/h4-7,13,16,22H,3,8-12H2,1-2H3,(H2,20,21,23);1H. The molecule has 8 nitrogen and oxygen atoms in total. The van der Waals surface area contributed by atoms with Crippen LogP contribution >= 0.6 is 24.0 Å². The highest BCUT2D eigenvalue weighted by molar-refractivity contribution is 14.0. The molecule has 1 aromatic rings. The second-order valence-electron chi connectivity index (χ2n) is 6.22. The molecule has 1 aliphatic heterocycles. The number of ether oxygens (including phenoxy) is 1. The molecule has 0 aliphatic carbocycles. The van der Waals surface area contributed by atoms with Gasteiger partial charge in [0, 0.05) is 39.3 Å². The highest BCUT2D eigenvalue weighted by atomic mass is 127. The Balaban J connectivity index is 0.00000420. The van der Waals surface area contributed by atoms with E-state index in [4.69, 9.17) is 0 Å². The minimum atomic E-state index is -3.22. The predicted molar refractivity (Wildman–Crippen MR) is 121 cm³/mol. The molecule has 0 aromatic heterocycles. The molecule has 166 valence electrons. The number of benzene rings is 1. The van der Waals surface area contributed by atoms with E-state index in [-0.39, 0.29) is 48.1 Å². The monoisotopic (exact) mass is 547 g/mol. The van der Waals surface area contributed by atoms with Crippen molar-refractivity contribution < 1.29 is 21.9 Å². The molecule has 0 saturated carbocycles. The number of hydrogen-bond donors (Lipinski definition) is 3. The number of aliphatic imine (C=N–C) groups is 1. The first-order valence-electron chi connectivity index (χ1n) is 9.08. The van der Waals surface area contributed by atoms with Crippen LogP contribution in [-0.2, 0) is 10.0 Å². The normalized spacial score (nSPS) is 17.2. The molecule has 0 bridgehead atoms. The Labute approximate surface area is 187 Å². The maximum Gasteiger partial charge on any atom is 0.387 e. The number of guanidine groups is 1. The van der Waals surface area contributed by atoms with Gasteiger partial charge in [-0.1, -0.05) is 12.1 Å². The highest BCUT2D eigenvalue weighted by Gasteiger charge is 2.26. The Bertz CT molecular complexity index is 767. The van der Waals surface area contributed by atoms with E-state index in [1.807, 2.05) is 4.90 Å². The first kappa shape index (κ1) is 25.6. The molecule has 1 heterocycles. The van der Waals surface area contributed by atoms with Gasteiger partial charge in [0.15, 0.2) is 5.96 Å². The van der Waals surface area contributed by atoms with Crippen LogP contribution < -0.4 is 25.0 Å². The van der Waals surface area contributed by atoms with E-state index in [9.17, 15) is 17.2 Å². The van der Waals surface area contributed by atoms with Crippen molar-refractivity contribution in [2.75, 3.05) is 43.9 Å². The van der Waals surface area contributed by atoms with Gasteiger partial charge < -0.3 is 20.3 Å².